The first kappa shape index (κ1) is 29.3. The van der Waals surface area contributed by atoms with Crippen molar-refractivity contribution < 1.29 is 14.0 Å². The van der Waals surface area contributed by atoms with Gasteiger partial charge in [0.25, 0.3) is 0 Å². The normalized spacial score (nSPS) is 14.2. The topological polar surface area (TPSA) is 90.2 Å². The molecule has 0 radical (unpaired) electrons. The Labute approximate surface area is 216 Å². The number of nitrogens with one attached hydrogen (secondary N) is 2. The Kier molecular flexibility index (Phi) is 14.9. The zero-order valence-corrected chi connectivity index (χ0v) is 22.8. The van der Waals surface area contributed by atoms with Crippen molar-refractivity contribution in [3.8, 4) is 0 Å². The van der Waals surface area contributed by atoms with Crippen molar-refractivity contribution in [2.75, 3.05) is 45.8 Å². The quantitative estimate of drug-likeness (QED) is 0.173. The van der Waals surface area contributed by atoms with Crippen LogP contribution < -0.4 is 10.6 Å². The lowest BCUT2D eigenvalue weighted by molar-refractivity contribution is -0.140. The number of unbranched alkanes of at least 4 members (excludes halogenated alkanes) is 2. The van der Waals surface area contributed by atoms with Gasteiger partial charge in [-0.25, -0.2) is 0 Å². The van der Waals surface area contributed by atoms with Crippen LogP contribution in [0.5, 0.6) is 0 Å². The molecule has 1 aliphatic rings. The second-order valence-corrected chi connectivity index (χ2v) is 8.69. The van der Waals surface area contributed by atoms with E-state index in [1.807, 2.05) is 21.9 Å². The molecule has 0 unspecified atom stereocenters. The van der Waals surface area contributed by atoms with E-state index in [1.165, 1.54) is 0 Å². The molecule has 1 aromatic heterocycles. The first-order valence-electron chi connectivity index (χ1n) is 12.1. The fraction of sp³-hybridized carbons (Fsp3) is 0.708. The van der Waals surface area contributed by atoms with Crippen LogP contribution in [0.1, 0.15) is 58.6 Å². The summed E-state index contributed by atoms with van der Waals surface area (Å²) >= 11 is 0. The van der Waals surface area contributed by atoms with Crippen LogP contribution in [-0.2, 0) is 16.0 Å². The maximum atomic E-state index is 12.5. The van der Waals surface area contributed by atoms with Gasteiger partial charge in [0.2, 0.25) is 11.8 Å². The van der Waals surface area contributed by atoms with Gasteiger partial charge < -0.3 is 24.9 Å². The maximum Gasteiger partial charge on any atom is 0.222 e. The predicted molar refractivity (Wildman–Crippen MR) is 143 cm³/mol. The number of hydrogen-bond acceptors (Lipinski definition) is 4. The van der Waals surface area contributed by atoms with E-state index in [0.29, 0.717) is 44.9 Å². The summed E-state index contributed by atoms with van der Waals surface area (Å²) < 4.78 is 5.34. The van der Waals surface area contributed by atoms with E-state index in [2.05, 4.69) is 36.4 Å². The van der Waals surface area contributed by atoms with Gasteiger partial charge in [-0.3, -0.25) is 14.6 Å². The summed E-state index contributed by atoms with van der Waals surface area (Å²) in [7, 11) is 0. The minimum atomic E-state index is 0. The smallest absolute Gasteiger partial charge is 0.222 e. The number of halogens is 1. The largest absolute Gasteiger partial charge is 0.469 e. The molecule has 0 atom stereocenters. The highest BCUT2D eigenvalue weighted by Crippen LogP contribution is 2.10. The van der Waals surface area contributed by atoms with Gasteiger partial charge in [0.15, 0.2) is 5.96 Å². The number of carbonyl (C=O) groups excluding carboxylic acids is 2. The third-order valence-electron chi connectivity index (χ3n) is 5.47. The number of carbonyl (C=O) groups is 2. The third-order valence-corrected chi connectivity index (χ3v) is 5.47. The van der Waals surface area contributed by atoms with Crippen LogP contribution in [-0.4, -0.2) is 73.4 Å². The monoisotopic (exact) mass is 575 g/mol. The molecule has 0 aromatic carbocycles. The van der Waals surface area contributed by atoms with E-state index < -0.39 is 0 Å². The van der Waals surface area contributed by atoms with E-state index >= 15 is 0 Å². The average molecular weight is 576 g/mol. The number of rotatable bonds is 12. The molecule has 0 spiro atoms. The van der Waals surface area contributed by atoms with Crippen LogP contribution in [0.25, 0.3) is 0 Å². The molecule has 8 nitrogen and oxygen atoms in total. The minimum absolute atomic E-state index is 0. The summed E-state index contributed by atoms with van der Waals surface area (Å²) in [5.74, 6) is 2.57. The minimum Gasteiger partial charge on any atom is -0.469 e. The van der Waals surface area contributed by atoms with E-state index in [-0.39, 0.29) is 35.8 Å². The second-order valence-electron chi connectivity index (χ2n) is 8.69. The van der Waals surface area contributed by atoms with Gasteiger partial charge in [-0.2, -0.15) is 0 Å². The molecule has 33 heavy (non-hydrogen) atoms. The fourth-order valence-electron chi connectivity index (χ4n) is 3.70. The fourth-order valence-corrected chi connectivity index (χ4v) is 3.70. The van der Waals surface area contributed by atoms with E-state index in [1.54, 1.807) is 6.26 Å². The molecule has 0 saturated carbocycles. The highest BCUT2D eigenvalue weighted by atomic mass is 127. The molecular weight excluding hydrogens is 533 g/mol. The highest BCUT2D eigenvalue weighted by Gasteiger charge is 2.23. The van der Waals surface area contributed by atoms with Gasteiger partial charge >= 0.3 is 0 Å². The first-order chi connectivity index (χ1) is 15.5. The van der Waals surface area contributed by atoms with Crippen molar-refractivity contribution in [3.05, 3.63) is 24.2 Å². The lowest BCUT2D eigenvalue weighted by Gasteiger charge is -2.35. The molecule has 0 aliphatic carbocycles. The molecule has 1 aromatic rings. The summed E-state index contributed by atoms with van der Waals surface area (Å²) in [4.78, 5) is 33.0. The molecule has 1 saturated heterocycles. The summed E-state index contributed by atoms with van der Waals surface area (Å²) in [5, 5.41) is 6.58. The highest BCUT2D eigenvalue weighted by molar-refractivity contribution is 14.0. The van der Waals surface area contributed by atoms with Crippen LogP contribution in [0.3, 0.4) is 0 Å². The van der Waals surface area contributed by atoms with Crippen LogP contribution in [0.15, 0.2) is 27.8 Å². The molecule has 2 N–H and O–H groups in total. The Morgan fingerprint density at radius 1 is 1.06 bits per heavy atom. The number of guanidine groups is 1. The van der Waals surface area contributed by atoms with Crippen molar-refractivity contribution in [1.29, 1.82) is 0 Å². The van der Waals surface area contributed by atoms with E-state index in [4.69, 9.17) is 4.42 Å². The Bertz CT molecular complexity index is 701. The van der Waals surface area contributed by atoms with Crippen LogP contribution in [0.4, 0.5) is 0 Å². The summed E-state index contributed by atoms with van der Waals surface area (Å²) in [6, 6.07) is 3.87. The standard InChI is InChI=1S/C24H41N5O3.HI/c1-4-25-24(27-13-11-21-9-8-18-32-21)26-12-7-5-6-10-22(30)28-14-16-29(17-15-28)23(31)19-20(2)3;/h8-9,18,20H,4-7,10-17,19H2,1-3H3,(H2,25,26,27);1H. The van der Waals surface area contributed by atoms with E-state index in [9.17, 15) is 9.59 Å². The molecule has 2 amide bonds. The Morgan fingerprint density at radius 3 is 2.36 bits per heavy atom. The molecule has 1 fully saturated rings. The summed E-state index contributed by atoms with van der Waals surface area (Å²) in [6.45, 7) is 11.1. The predicted octanol–water partition coefficient (Wildman–Crippen LogP) is 3.27. The first-order valence-corrected chi connectivity index (χ1v) is 12.1. The molecular formula is C24H42IN5O3. The SMILES string of the molecule is CCNC(=NCCCCCC(=O)N1CCN(C(=O)CC(C)C)CC1)NCCc1ccco1.I. The van der Waals surface area contributed by atoms with Crippen LogP contribution in [0, 0.1) is 5.92 Å². The molecule has 2 rings (SSSR count). The molecule has 1 aliphatic heterocycles. The molecule has 2 heterocycles. The van der Waals surface area contributed by atoms with Gasteiger partial charge in [0.1, 0.15) is 5.76 Å². The van der Waals surface area contributed by atoms with Gasteiger partial charge in [0, 0.05) is 65.1 Å². The molecule has 9 heteroatoms. The molecule has 0 bridgehead atoms. The van der Waals surface area contributed by atoms with Crippen LogP contribution >= 0.6 is 24.0 Å². The third kappa shape index (κ3) is 11.8. The number of aliphatic imine (C=N–C) groups is 1. The molecule has 188 valence electrons. The Balaban J connectivity index is 0.00000544. The van der Waals surface area contributed by atoms with E-state index in [0.717, 1.165) is 57.0 Å². The number of nitrogens with zero attached hydrogens (tertiary/aromatic N) is 3. The number of piperazine rings is 1. The van der Waals surface area contributed by atoms with Crippen molar-refractivity contribution in [3.63, 3.8) is 0 Å². The Morgan fingerprint density at radius 2 is 1.76 bits per heavy atom. The van der Waals surface area contributed by atoms with Gasteiger partial charge in [-0.1, -0.05) is 20.3 Å². The van der Waals surface area contributed by atoms with Crippen molar-refractivity contribution in [2.45, 2.75) is 59.3 Å². The number of hydrogen-bond donors (Lipinski definition) is 2. The van der Waals surface area contributed by atoms with Gasteiger partial charge in [-0.05, 0) is 37.8 Å². The average Bonchev–Trinajstić information content (AvgIpc) is 3.29. The van der Waals surface area contributed by atoms with Gasteiger partial charge in [0.05, 0.1) is 6.26 Å². The zero-order valence-electron chi connectivity index (χ0n) is 20.5. The number of furan rings is 1. The van der Waals surface area contributed by atoms with Gasteiger partial charge in [-0.15, -0.1) is 24.0 Å². The maximum absolute atomic E-state index is 12.5. The van der Waals surface area contributed by atoms with Crippen molar-refractivity contribution >= 4 is 41.8 Å². The second kappa shape index (κ2) is 16.8. The van der Waals surface area contributed by atoms with Crippen molar-refractivity contribution in [2.24, 2.45) is 10.9 Å². The summed E-state index contributed by atoms with van der Waals surface area (Å²) in [6.07, 6.45) is 6.49. The lowest BCUT2D eigenvalue weighted by Crippen LogP contribution is -2.50. The Hall–Kier alpha value is -1.78. The number of amides is 2. The van der Waals surface area contributed by atoms with Crippen molar-refractivity contribution in [1.82, 2.24) is 20.4 Å². The van der Waals surface area contributed by atoms with Crippen LogP contribution in [0.2, 0.25) is 0 Å². The summed E-state index contributed by atoms with van der Waals surface area (Å²) in [5.41, 5.74) is 0. The lowest BCUT2D eigenvalue weighted by atomic mass is 10.1. The zero-order chi connectivity index (χ0) is 23.2.